The van der Waals surface area contributed by atoms with Crippen molar-refractivity contribution in [3.63, 3.8) is 0 Å². The lowest BCUT2D eigenvalue weighted by Gasteiger charge is -2.28. The molecule has 0 bridgehead atoms. The van der Waals surface area contributed by atoms with Crippen LogP contribution in [0.15, 0.2) is 0 Å². The Morgan fingerprint density at radius 3 is 2.06 bits per heavy atom. The Hall–Kier alpha value is -1.08. The summed E-state index contributed by atoms with van der Waals surface area (Å²) in [5.74, 6) is -0.0382. The van der Waals surface area contributed by atoms with E-state index in [9.17, 15) is 10.1 Å². The zero-order valence-corrected chi connectivity index (χ0v) is 11.8. The number of hydrogen-bond donors (Lipinski definition) is 0. The Kier molecular flexibility index (Phi) is 6.82. The van der Waals surface area contributed by atoms with Crippen molar-refractivity contribution in [1.82, 2.24) is 9.80 Å². The number of amides is 1. The van der Waals surface area contributed by atoms with Gasteiger partial charge in [-0.05, 0) is 39.9 Å². The molecule has 0 radical (unpaired) electrons. The van der Waals surface area contributed by atoms with Crippen LogP contribution >= 0.6 is 0 Å². The molecule has 4 nitrogen and oxygen atoms in total. The molecular weight excluding hydrogens is 214 g/mol. The van der Waals surface area contributed by atoms with Crippen LogP contribution in [0.5, 0.6) is 0 Å². The minimum absolute atomic E-state index is 0.0382. The van der Waals surface area contributed by atoms with Crippen molar-refractivity contribution >= 4 is 5.91 Å². The molecule has 0 aromatic rings. The van der Waals surface area contributed by atoms with E-state index in [4.69, 9.17) is 0 Å². The minimum Gasteiger partial charge on any atom is -0.344 e. The minimum atomic E-state index is -0.827. The Bertz CT molecular complexity index is 277. The summed E-state index contributed by atoms with van der Waals surface area (Å²) in [7, 11) is 5.81. The lowest BCUT2D eigenvalue weighted by atomic mass is 9.82. The second-order valence-corrected chi connectivity index (χ2v) is 4.78. The van der Waals surface area contributed by atoms with Gasteiger partial charge in [0.2, 0.25) is 5.91 Å². The third-order valence-electron chi connectivity index (χ3n) is 3.28. The molecule has 0 aromatic carbocycles. The van der Waals surface area contributed by atoms with Crippen molar-refractivity contribution in [2.45, 2.75) is 33.1 Å². The Morgan fingerprint density at radius 2 is 1.71 bits per heavy atom. The summed E-state index contributed by atoms with van der Waals surface area (Å²) in [4.78, 5) is 16.0. The van der Waals surface area contributed by atoms with Crippen LogP contribution in [-0.4, -0.2) is 49.9 Å². The monoisotopic (exact) mass is 239 g/mol. The average Bonchev–Trinajstić information content (AvgIpc) is 2.31. The first-order valence-corrected chi connectivity index (χ1v) is 6.25. The van der Waals surface area contributed by atoms with Gasteiger partial charge in [-0.2, -0.15) is 5.26 Å². The molecule has 0 rings (SSSR count). The second kappa shape index (κ2) is 7.29. The highest BCUT2D eigenvalue weighted by Crippen LogP contribution is 2.27. The lowest BCUT2D eigenvalue weighted by molar-refractivity contribution is -0.138. The molecule has 1 amide bonds. The van der Waals surface area contributed by atoms with Gasteiger partial charge in [0.05, 0.1) is 6.07 Å². The van der Waals surface area contributed by atoms with Crippen LogP contribution in [0, 0.1) is 16.7 Å². The molecule has 0 fully saturated rings. The maximum atomic E-state index is 12.2. The van der Waals surface area contributed by atoms with Gasteiger partial charge in [-0.15, -0.1) is 0 Å². The summed E-state index contributed by atoms with van der Waals surface area (Å²) in [6.45, 7) is 5.46. The largest absolute Gasteiger partial charge is 0.344 e. The third-order valence-corrected chi connectivity index (χ3v) is 3.28. The number of nitrogens with zero attached hydrogens (tertiary/aromatic N) is 3. The van der Waals surface area contributed by atoms with E-state index in [0.717, 1.165) is 13.0 Å². The molecular formula is C13H25N3O. The highest BCUT2D eigenvalue weighted by atomic mass is 16.2. The fourth-order valence-corrected chi connectivity index (χ4v) is 1.85. The van der Waals surface area contributed by atoms with Gasteiger partial charge in [-0.25, -0.2) is 0 Å². The van der Waals surface area contributed by atoms with Gasteiger partial charge in [0, 0.05) is 13.6 Å². The van der Waals surface area contributed by atoms with Gasteiger partial charge in [0.1, 0.15) is 5.41 Å². The van der Waals surface area contributed by atoms with E-state index < -0.39 is 5.41 Å². The van der Waals surface area contributed by atoms with Crippen LogP contribution in [-0.2, 0) is 4.79 Å². The van der Waals surface area contributed by atoms with Crippen LogP contribution in [0.1, 0.15) is 33.1 Å². The zero-order chi connectivity index (χ0) is 13.5. The Balaban J connectivity index is 4.43. The van der Waals surface area contributed by atoms with Crippen molar-refractivity contribution in [2.24, 2.45) is 5.41 Å². The van der Waals surface area contributed by atoms with Crippen LogP contribution in [0.4, 0.5) is 0 Å². The van der Waals surface area contributed by atoms with Crippen LogP contribution in [0.2, 0.25) is 0 Å². The first-order chi connectivity index (χ1) is 7.93. The van der Waals surface area contributed by atoms with Crippen molar-refractivity contribution in [3.8, 4) is 6.07 Å². The van der Waals surface area contributed by atoms with Crippen molar-refractivity contribution < 1.29 is 4.79 Å². The van der Waals surface area contributed by atoms with E-state index in [2.05, 4.69) is 11.0 Å². The van der Waals surface area contributed by atoms with E-state index in [1.807, 2.05) is 27.9 Å². The van der Waals surface area contributed by atoms with Crippen molar-refractivity contribution in [1.29, 1.82) is 5.26 Å². The molecule has 0 aliphatic heterocycles. The number of hydrogen-bond acceptors (Lipinski definition) is 3. The lowest BCUT2D eigenvalue weighted by Crippen LogP contribution is -2.41. The summed E-state index contributed by atoms with van der Waals surface area (Å²) in [6.07, 6.45) is 2.10. The van der Waals surface area contributed by atoms with Gasteiger partial charge in [0.25, 0.3) is 0 Å². The van der Waals surface area contributed by atoms with E-state index in [0.29, 0.717) is 19.4 Å². The summed E-state index contributed by atoms with van der Waals surface area (Å²) >= 11 is 0. The van der Waals surface area contributed by atoms with Gasteiger partial charge in [-0.1, -0.05) is 13.8 Å². The smallest absolute Gasteiger partial charge is 0.242 e. The van der Waals surface area contributed by atoms with E-state index >= 15 is 0 Å². The van der Waals surface area contributed by atoms with Gasteiger partial charge >= 0.3 is 0 Å². The SMILES string of the molecule is CCC(C#N)(CC)C(=O)N(C)CCCN(C)C. The average molecular weight is 239 g/mol. The Morgan fingerprint density at radius 1 is 1.18 bits per heavy atom. The van der Waals surface area contributed by atoms with Gasteiger partial charge in [-0.3, -0.25) is 4.79 Å². The summed E-state index contributed by atoms with van der Waals surface area (Å²) in [5.41, 5.74) is -0.827. The topological polar surface area (TPSA) is 47.3 Å². The summed E-state index contributed by atoms with van der Waals surface area (Å²) in [6, 6.07) is 2.19. The molecule has 0 unspecified atom stereocenters. The number of nitriles is 1. The zero-order valence-electron chi connectivity index (χ0n) is 11.8. The van der Waals surface area contributed by atoms with Crippen molar-refractivity contribution in [2.75, 3.05) is 34.2 Å². The van der Waals surface area contributed by atoms with Gasteiger partial charge in [0.15, 0.2) is 0 Å². The predicted octanol–water partition coefficient (Wildman–Crippen LogP) is 1.73. The molecule has 0 heterocycles. The first-order valence-electron chi connectivity index (χ1n) is 6.25. The molecule has 0 saturated heterocycles. The van der Waals surface area contributed by atoms with Gasteiger partial charge < -0.3 is 9.80 Å². The second-order valence-electron chi connectivity index (χ2n) is 4.78. The van der Waals surface area contributed by atoms with Crippen molar-refractivity contribution in [3.05, 3.63) is 0 Å². The fraction of sp³-hybridized carbons (Fsp3) is 0.846. The normalized spacial score (nSPS) is 11.4. The van der Waals surface area contributed by atoms with E-state index in [-0.39, 0.29) is 5.91 Å². The third kappa shape index (κ3) is 4.35. The van der Waals surface area contributed by atoms with Crippen LogP contribution in [0.25, 0.3) is 0 Å². The highest BCUT2D eigenvalue weighted by molar-refractivity contribution is 5.85. The predicted molar refractivity (Wildman–Crippen MR) is 69.4 cm³/mol. The molecule has 0 atom stereocenters. The molecule has 0 N–H and O–H groups in total. The molecule has 0 aliphatic carbocycles. The maximum Gasteiger partial charge on any atom is 0.242 e. The number of carbonyl (C=O) groups excluding carboxylic acids is 1. The highest BCUT2D eigenvalue weighted by Gasteiger charge is 2.36. The molecule has 4 heteroatoms. The number of rotatable bonds is 7. The first kappa shape index (κ1) is 15.9. The molecule has 98 valence electrons. The molecule has 0 spiro atoms. The molecule has 17 heavy (non-hydrogen) atoms. The molecule has 0 aromatic heterocycles. The quantitative estimate of drug-likeness (QED) is 0.679. The standard InChI is InChI=1S/C13H25N3O/c1-6-13(7-2,11-14)12(17)16(5)10-8-9-15(3)4/h6-10H2,1-5H3. The van der Waals surface area contributed by atoms with E-state index in [1.165, 1.54) is 0 Å². The molecule has 0 saturated carbocycles. The summed E-state index contributed by atoms with van der Waals surface area (Å²) in [5, 5.41) is 9.20. The van der Waals surface area contributed by atoms with E-state index in [1.54, 1.807) is 11.9 Å². The van der Waals surface area contributed by atoms with Crippen LogP contribution < -0.4 is 0 Å². The Labute approximate surface area is 105 Å². The van der Waals surface area contributed by atoms with Crippen LogP contribution in [0.3, 0.4) is 0 Å². The fourth-order valence-electron chi connectivity index (χ4n) is 1.85. The maximum absolute atomic E-state index is 12.2. The molecule has 0 aliphatic rings. The number of carbonyl (C=O) groups is 1. The summed E-state index contributed by atoms with van der Waals surface area (Å²) < 4.78 is 0.